The van der Waals surface area contributed by atoms with Gasteiger partial charge in [-0.2, -0.15) is 0 Å². The zero-order valence-corrected chi connectivity index (χ0v) is 20.2. The summed E-state index contributed by atoms with van der Waals surface area (Å²) in [6.07, 6.45) is 3.73. The van der Waals surface area contributed by atoms with Gasteiger partial charge in [-0.1, -0.05) is 0 Å². The van der Waals surface area contributed by atoms with Crippen LogP contribution in [0.15, 0.2) is 29.1 Å². The number of hydrogen-bond donors (Lipinski definition) is 2. The highest BCUT2D eigenvalue weighted by molar-refractivity contribution is 5.98. The zero-order chi connectivity index (χ0) is 24.4. The van der Waals surface area contributed by atoms with Crippen LogP contribution in [0.4, 0.5) is 0 Å². The number of amides is 1. The quantitative estimate of drug-likeness (QED) is 0.480. The van der Waals surface area contributed by atoms with E-state index in [1.807, 2.05) is 24.3 Å². The molecule has 4 heterocycles. The van der Waals surface area contributed by atoms with Gasteiger partial charge in [0, 0.05) is 43.7 Å². The molecule has 3 aliphatic rings. The lowest BCUT2D eigenvalue weighted by Gasteiger charge is -2.48. The van der Waals surface area contributed by atoms with Crippen molar-refractivity contribution in [1.29, 1.82) is 0 Å². The van der Waals surface area contributed by atoms with Gasteiger partial charge in [-0.3, -0.25) is 14.4 Å². The molecule has 0 aliphatic carbocycles. The molecule has 2 aromatic rings. The van der Waals surface area contributed by atoms with Gasteiger partial charge in [0.2, 0.25) is 0 Å². The number of piperidine rings is 2. The fraction of sp³-hybridized carbons (Fsp3) is 0.538. The average Bonchev–Trinajstić information content (AvgIpc) is 2.89. The van der Waals surface area contributed by atoms with Crippen molar-refractivity contribution in [2.24, 2.45) is 5.92 Å². The second-order valence-electron chi connectivity index (χ2n) is 9.88. The molecule has 3 aliphatic heterocycles. The van der Waals surface area contributed by atoms with Crippen LogP contribution in [0, 0.1) is 5.92 Å². The van der Waals surface area contributed by atoms with Crippen molar-refractivity contribution in [3.63, 3.8) is 0 Å². The highest BCUT2D eigenvalue weighted by Crippen LogP contribution is 2.33. The van der Waals surface area contributed by atoms with Crippen molar-refractivity contribution < 1.29 is 23.5 Å². The second kappa shape index (κ2) is 9.91. The highest BCUT2D eigenvalue weighted by atomic mass is 16.5. The van der Waals surface area contributed by atoms with Gasteiger partial charge in [0.1, 0.15) is 12.3 Å². The molecule has 2 saturated heterocycles. The van der Waals surface area contributed by atoms with E-state index in [0.717, 1.165) is 24.3 Å². The molecular formula is C26H33N4O5+. The third kappa shape index (κ3) is 4.75. The Bertz CT molecular complexity index is 1150. The Morgan fingerprint density at radius 2 is 1.94 bits per heavy atom. The van der Waals surface area contributed by atoms with Crippen LogP contribution in [0.1, 0.15) is 53.1 Å². The molecule has 35 heavy (non-hydrogen) atoms. The summed E-state index contributed by atoms with van der Waals surface area (Å²) in [5, 5.41) is 3.03. The molecule has 0 radical (unpaired) electrons. The lowest BCUT2D eigenvalue weighted by atomic mass is 9.85. The fourth-order valence-electron chi connectivity index (χ4n) is 5.86. The van der Waals surface area contributed by atoms with Crippen LogP contribution >= 0.6 is 0 Å². The van der Waals surface area contributed by atoms with Crippen molar-refractivity contribution in [1.82, 2.24) is 15.3 Å². The van der Waals surface area contributed by atoms with E-state index in [2.05, 4.69) is 10.3 Å². The van der Waals surface area contributed by atoms with E-state index in [1.54, 1.807) is 7.11 Å². The predicted octanol–water partition coefficient (Wildman–Crippen LogP) is 1.74. The lowest BCUT2D eigenvalue weighted by molar-refractivity contribution is -0.961. The Morgan fingerprint density at radius 1 is 1.17 bits per heavy atom. The number of fused-ring (bicyclic) bond motifs is 1. The highest BCUT2D eigenvalue weighted by Gasteiger charge is 2.47. The standard InChI is InChI=1S/C26H32N4O5/c1-34-19-6-4-17(5-7-19)24(31)18-8-12-30(13-9-18,22-3-2-11-27-26(22)33)15-23-28-21-10-14-35-16-20(21)25(32)29-23/h4-7,18,22H,2-3,8-16H2,1H3,(H-,27,28,29,32,33)/p+1. The molecule has 9 heteroatoms. The van der Waals surface area contributed by atoms with Crippen LogP contribution in [-0.4, -0.2) is 65.5 Å². The van der Waals surface area contributed by atoms with Gasteiger partial charge in [-0.25, -0.2) is 4.98 Å². The number of benzene rings is 1. The van der Waals surface area contributed by atoms with Gasteiger partial charge in [-0.15, -0.1) is 0 Å². The number of nitrogens with one attached hydrogen (secondary N) is 2. The summed E-state index contributed by atoms with van der Waals surface area (Å²) in [6.45, 7) is 3.40. The number of quaternary nitrogens is 1. The topological polar surface area (TPSA) is 110 Å². The van der Waals surface area contributed by atoms with Gasteiger partial charge < -0.3 is 24.3 Å². The smallest absolute Gasteiger partial charge is 0.278 e. The lowest BCUT2D eigenvalue weighted by Crippen LogP contribution is -2.65. The summed E-state index contributed by atoms with van der Waals surface area (Å²) in [4.78, 5) is 46.6. The van der Waals surface area contributed by atoms with E-state index in [4.69, 9.17) is 14.5 Å². The number of Topliss-reactive ketones (excluding diaryl/α,β-unsaturated/α-hetero) is 1. The average molecular weight is 482 g/mol. The van der Waals surface area contributed by atoms with Crippen LogP contribution in [-0.2, 0) is 29.1 Å². The molecule has 9 nitrogen and oxygen atoms in total. The predicted molar refractivity (Wildman–Crippen MR) is 128 cm³/mol. The maximum absolute atomic E-state index is 13.2. The number of carbonyl (C=O) groups excluding carboxylic acids is 2. The SMILES string of the molecule is COc1ccc(C(=O)C2CC[N+](Cc3nc4c(c(=O)[nH]3)COCC4)(C3CCCNC3=O)CC2)cc1. The number of ether oxygens (including phenoxy) is 2. The minimum absolute atomic E-state index is 0.0601. The van der Waals surface area contributed by atoms with Crippen molar-refractivity contribution >= 4 is 11.7 Å². The molecule has 1 amide bonds. The molecule has 0 spiro atoms. The molecule has 1 atom stereocenters. The van der Waals surface area contributed by atoms with Gasteiger partial charge in [-0.05, 0) is 30.7 Å². The Hall–Kier alpha value is -3.04. The van der Waals surface area contributed by atoms with Gasteiger partial charge >= 0.3 is 0 Å². The summed E-state index contributed by atoms with van der Waals surface area (Å²) >= 11 is 0. The second-order valence-corrected chi connectivity index (χ2v) is 9.88. The first-order valence-electron chi connectivity index (χ1n) is 12.5. The van der Waals surface area contributed by atoms with E-state index in [1.165, 1.54) is 0 Å². The van der Waals surface area contributed by atoms with Gasteiger partial charge in [0.15, 0.2) is 17.6 Å². The van der Waals surface area contributed by atoms with Crippen molar-refractivity contribution in [3.8, 4) is 5.75 Å². The minimum Gasteiger partial charge on any atom is -0.497 e. The van der Waals surface area contributed by atoms with E-state index in [9.17, 15) is 14.4 Å². The summed E-state index contributed by atoms with van der Waals surface area (Å²) < 4.78 is 11.2. The number of H-pyrrole nitrogens is 1. The largest absolute Gasteiger partial charge is 0.497 e. The monoisotopic (exact) mass is 481 g/mol. The van der Waals surface area contributed by atoms with Crippen LogP contribution < -0.4 is 15.6 Å². The molecule has 1 aromatic carbocycles. The molecular weight excluding hydrogens is 448 g/mol. The Kier molecular flexibility index (Phi) is 6.71. The number of aromatic nitrogens is 2. The summed E-state index contributed by atoms with van der Waals surface area (Å²) in [5.74, 6) is 1.45. The Balaban J connectivity index is 1.39. The van der Waals surface area contributed by atoms with E-state index in [-0.39, 0.29) is 35.8 Å². The maximum Gasteiger partial charge on any atom is 0.278 e. The summed E-state index contributed by atoms with van der Waals surface area (Å²) in [6, 6.07) is 7.05. The number of nitrogens with zero attached hydrogens (tertiary/aromatic N) is 2. The number of hydrogen-bond acceptors (Lipinski definition) is 6. The first-order valence-corrected chi connectivity index (χ1v) is 12.5. The fourth-order valence-corrected chi connectivity index (χ4v) is 5.86. The van der Waals surface area contributed by atoms with Gasteiger partial charge in [0.25, 0.3) is 11.5 Å². The van der Waals surface area contributed by atoms with Crippen LogP contribution in [0.25, 0.3) is 0 Å². The molecule has 1 aromatic heterocycles. The Morgan fingerprint density at radius 3 is 2.66 bits per heavy atom. The van der Waals surface area contributed by atoms with E-state index < -0.39 is 0 Å². The Labute approximate surface area is 204 Å². The number of methoxy groups -OCH3 is 1. The van der Waals surface area contributed by atoms with Crippen molar-refractivity contribution in [2.75, 3.05) is 33.4 Å². The number of ketones is 1. The first kappa shape index (κ1) is 23.7. The van der Waals surface area contributed by atoms with Crippen molar-refractivity contribution in [3.05, 3.63) is 57.3 Å². The third-order valence-corrected chi connectivity index (χ3v) is 7.85. The number of likely N-dealkylation sites (tertiary alicyclic amines) is 1. The molecule has 2 fully saturated rings. The number of carbonyl (C=O) groups is 2. The van der Waals surface area contributed by atoms with Gasteiger partial charge in [0.05, 0.1) is 44.7 Å². The van der Waals surface area contributed by atoms with E-state index >= 15 is 0 Å². The molecule has 5 rings (SSSR count). The first-order chi connectivity index (χ1) is 17.0. The molecule has 186 valence electrons. The van der Waals surface area contributed by atoms with Crippen LogP contribution in [0.3, 0.4) is 0 Å². The van der Waals surface area contributed by atoms with Crippen LogP contribution in [0.2, 0.25) is 0 Å². The zero-order valence-electron chi connectivity index (χ0n) is 20.2. The normalized spacial score (nSPS) is 26.5. The minimum atomic E-state index is -0.203. The summed E-state index contributed by atoms with van der Waals surface area (Å²) in [5.41, 5.74) is 1.94. The third-order valence-electron chi connectivity index (χ3n) is 7.85. The molecule has 0 bridgehead atoms. The maximum atomic E-state index is 13.2. The summed E-state index contributed by atoms with van der Waals surface area (Å²) in [7, 11) is 1.61. The molecule has 2 N–H and O–H groups in total. The van der Waals surface area contributed by atoms with Crippen molar-refractivity contribution in [2.45, 2.75) is 51.3 Å². The number of aromatic amines is 1. The molecule has 0 saturated carbocycles. The molecule has 1 unspecified atom stereocenters. The van der Waals surface area contributed by atoms with E-state index in [0.29, 0.717) is 73.5 Å². The number of rotatable bonds is 6. The van der Waals surface area contributed by atoms with Crippen LogP contribution in [0.5, 0.6) is 5.75 Å².